The summed E-state index contributed by atoms with van der Waals surface area (Å²) >= 11 is 0. The van der Waals surface area contributed by atoms with Crippen LogP contribution in [-0.4, -0.2) is 11.7 Å². The van der Waals surface area contributed by atoms with Crippen LogP contribution >= 0.6 is 0 Å². The van der Waals surface area contributed by atoms with E-state index in [1.165, 1.54) is 57.8 Å². The molecule has 0 radical (unpaired) electrons. The summed E-state index contributed by atoms with van der Waals surface area (Å²) in [5.41, 5.74) is 4.23. The molecule has 0 spiro atoms. The van der Waals surface area contributed by atoms with Crippen molar-refractivity contribution in [2.24, 2.45) is 16.7 Å². The number of hydrogen-bond donors (Lipinski definition) is 1. The molecule has 0 aromatic rings. The number of rotatable bonds is 1. The molecule has 1 nitrogen and oxygen atoms in total. The molecule has 0 amide bonds. The maximum atomic E-state index is 9.88. The summed E-state index contributed by atoms with van der Waals surface area (Å²) in [6.07, 6.45) is 12.1. The van der Waals surface area contributed by atoms with Gasteiger partial charge in [-0.15, -0.1) is 0 Å². The Morgan fingerprint density at radius 1 is 1.06 bits per heavy atom. The number of aliphatic hydroxyl groups excluding tert-OH is 1. The van der Waals surface area contributed by atoms with Crippen LogP contribution < -0.4 is 0 Å². The normalized spacial score (nSPS) is 44.5. The molecule has 0 aliphatic heterocycles. The molecule has 18 heavy (non-hydrogen) atoms. The van der Waals surface area contributed by atoms with Gasteiger partial charge in [-0.05, 0) is 68.1 Å². The number of fused-ring (bicyclic) bond motifs is 2. The Hall–Kier alpha value is -0.300. The largest absolute Gasteiger partial charge is 0.396 e. The molecule has 0 bridgehead atoms. The van der Waals surface area contributed by atoms with Gasteiger partial charge < -0.3 is 5.11 Å². The van der Waals surface area contributed by atoms with E-state index >= 15 is 0 Å². The molecule has 1 N–H and O–H groups in total. The smallest absolute Gasteiger partial charge is 0.0487 e. The molecular weight excluding hydrogens is 220 g/mol. The Kier molecular flexibility index (Phi) is 3.09. The lowest BCUT2D eigenvalue weighted by atomic mass is 9.48. The molecule has 0 aromatic carbocycles. The molecule has 1 heteroatoms. The van der Waals surface area contributed by atoms with Crippen molar-refractivity contribution in [3.05, 3.63) is 11.1 Å². The standard InChI is InChI=1S/C17H28O/c1-16(12-18)10-5-11-17(2)14-7-4-3-6-13(14)8-9-15(16)17/h15,18H,3-12H2,1-2H3/t15-,16+,17+/m1/s1. The molecule has 3 atom stereocenters. The number of allylic oxidation sites excluding steroid dienone is 2. The first kappa shape index (κ1) is 12.7. The summed E-state index contributed by atoms with van der Waals surface area (Å²) in [4.78, 5) is 0. The van der Waals surface area contributed by atoms with Crippen LogP contribution in [0, 0.1) is 16.7 Å². The average molecular weight is 248 g/mol. The molecule has 3 rings (SSSR count). The van der Waals surface area contributed by atoms with Gasteiger partial charge in [-0.2, -0.15) is 0 Å². The fourth-order valence-corrected chi connectivity index (χ4v) is 5.45. The van der Waals surface area contributed by atoms with Gasteiger partial charge in [-0.25, -0.2) is 0 Å². The van der Waals surface area contributed by atoms with Gasteiger partial charge in [0, 0.05) is 6.61 Å². The van der Waals surface area contributed by atoms with E-state index in [2.05, 4.69) is 13.8 Å². The predicted octanol–water partition coefficient (Wildman–Crippen LogP) is 4.46. The van der Waals surface area contributed by atoms with E-state index in [0.717, 1.165) is 5.92 Å². The van der Waals surface area contributed by atoms with Crippen LogP contribution in [0.4, 0.5) is 0 Å². The van der Waals surface area contributed by atoms with Crippen molar-refractivity contribution >= 4 is 0 Å². The highest BCUT2D eigenvalue weighted by Gasteiger charge is 2.52. The van der Waals surface area contributed by atoms with Crippen molar-refractivity contribution in [1.82, 2.24) is 0 Å². The van der Waals surface area contributed by atoms with Crippen LogP contribution in [0.5, 0.6) is 0 Å². The van der Waals surface area contributed by atoms with Crippen molar-refractivity contribution in [3.8, 4) is 0 Å². The van der Waals surface area contributed by atoms with Crippen molar-refractivity contribution in [3.63, 3.8) is 0 Å². The van der Waals surface area contributed by atoms with Crippen molar-refractivity contribution < 1.29 is 5.11 Å². The molecule has 0 unspecified atom stereocenters. The average Bonchev–Trinajstić information content (AvgIpc) is 2.39. The fourth-order valence-electron chi connectivity index (χ4n) is 5.45. The van der Waals surface area contributed by atoms with Crippen LogP contribution in [0.1, 0.15) is 71.6 Å². The van der Waals surface area contributed by atoms with E-state index in [4.69, 9.17) is 0 Å². The topological polar surface area (TPSA) is 20.2 Å². The molecular formula is C17H28O. The highest BCUT2D eigenvalue weighted by atomic mass is 16.3. The molecule has 1 saturated carbocycles. The molecule has 3 aliphatic rings. The van der Waals surface area contributed by atoms with Crippen LogP contribution in [0.15, 0.2) is 11.1 Å². The maximum Gasteiger partial charge on any atom is 0.0487 e. The first-order chi connectivity index (χ1) is 8.60. The van der Waals surface area contributed by atoms with Crippen LogP contribution in [-0.2, 0) is 0 Å². The number of aliphatic hydroxyl groups is 1. The van der Waals surface area contributed by atoms with Gasteiger partial charge in [0.2, 0.25) is 0 Å². The zero-order valence-corrected chi connectivity index (χ0v) is 12.1. The third-order valence-electron chi connectivity index (χ3n) is 6.42. The second kappa shape index (κ2) is 4.37. The Balaban J connectivity index is 2.00. The second-order valence-corrected chi connectivity index (χ2v) is 7.46. The first-order valence-corrected chi connectivity index (χ1v) is 7.92. The van der Waals surface area contributed by atoms with Gasteiger partial charge >= 0.3 is 0 Å². The molecule has 0 aromatic heterocycles. The van der Waals surface area contributed by atoms with Gasteiger partial charge in [-0.1, -0.05) is 31.4 Å². The molecule has 0 saturated heterocycles. The summed E-state index contributed by atoms with van der Waals surface area (Å²) in [6, 6.07) is 0. The summed E-state index contributed by atoms with van der Waals surface area (Å²) < 4.78 is 0. The summed E-state index contributed by atoms with van der Waals surface area (Å²) in [7, 11) is 0. The Morgan fingerprint density at radius 3 is 2.61 bits per heavy atom. The number of hydrogen-bond acceptors (Lipinski definition) is 1. The van der Waals surface area contributed by atoms with Gasteiger partial charge in [0.1, 0.15) is 0 Å². The van der Waals surface area contributed by atoms with Crippen LogP contribution in [0.25, 0.3) is 0 Å². The highest BCUT2D eigenvalue weighted by Crippen LogP contribution is 2.61. The van der Waals surface area contributed by atoms with Crippen LogP contribution in [0.3, 0.4) is 0 Å². The van der Waals surface area contributed by atoms with E-state index in [1.807, 2.05) is 11.1 Å². The minimum Gasteiger partial charge on any atom is -0.396 e. The third kappa shape index (κ3) is 1.70. The molecule has 3 aliphatic carbocycles. The lowest BCUT2D eigenvalue weighted by Crippen LogP contribution is -2.48. The summed E-state index contributed by atoms with van der Waals surface area (Å²) in [5, 5.41) is 9.88. The van der Waals surface area contributed by atoms with Gasteiger partial charge in [0.05, 0.1) is 0 Å². The quantitative estimate of drug-likeness (QED) is 0.679. The fraction of sp³-hybridized carbons (Fsp3) is 0.882. The van der Waals surface area contributed by atoms with E-state index in [1.54, 1.807) is 0 Å². The Morgan fingerprint density at radius 2 is 1.83 bits per heavy atom. The summed E-state index contributed by atoms with van der Waals surface area (Å²) in [6.45, 7) is 5.24. The van der Waals surface area contributed by atoms with Gasteiger partial charge in [0.25, 0.3) is 0 Å². The molecule has 1 fully saturated rings. The Bertz CT molecular complexity index is 370. The second-order valence-electron chi connectivity index (χ2n) is 7.46. The van der Waals surface area contributed by atoms with Gasteiger partial charge in [-0.3, -0.25) is 0 Å². The van der Waals surface area contributed by atoms with E-state index < -0.39 is 0 Å². The zero-order chi connectivity index (χ0) is 12.8. The maximum absolute atomic E-state index is 9.88. The lowest BCUT2D eigenvalue weighted by molar-refractivity contribution is -0.0401. The monoisotopic (exact) mass is 248 g/mol. The minimum atomic E-state index is 0.184. The first-order valence-electron chi connectivity index (χ1n) is 7.92. The molecule has 102 valence electrons. The lowest BCUT2D eigenvalue weighted by Gasteiger charge is -2.56. The van der Waals surface area contributed by atoms with Crippen LogP contribution in [0.2, 0.25) is 0 Å². The minimum absolute atomic E-state index is 0.184. The Labute approximate surface area is 112 Å². The van der Waals surface area contributed by atoms with Gasteiger partial charge in [0.15, 0.2) is 0 Å². The van der Waals surface area contributed by atoms with E-state index in [9.17, 15) is 5.11 Å². The molecule has 0 heterocycles. The highest BCUT2D eigenvalue weighted by molar-refractivity contribution is 5.30. The zero-order valence-electron chi connectivity index (χ0n) is 12.1. The van der Waals surface area contributed by atoms with Crippen molar-refractivity contribution in [2.75, 3.05) is 6.61 Å². The SMILES string of the molecule is C[C@@]1(CO)CCC[C@@]2(C)C3=C(CCCC3)CC[C@H]12. The van der Waals surface area contributed by atoms with Crippen molar-refractivity contribution in [2.45, 2.75) is 71.6 Å². The van der Waals surface area contributed by atoms with E-state index in [-0.39, 0.29) is 5.41 Å². The van der Waals surface area contributed by atoms with Crippen molar-refractivity contribution in [1.29, 1.82) is 0 Å². The third-order valence-corrected chi connectivity index (χ3v) is 6.42. The summed E-state index contributed by atoms with van der Waals surface area (Å²) in [5.74, 6) is 0.723. The predicted molar refractivity (Wildman–Crippen MR) is 75.4 cm³/mol. The van der Waals surface area contributed by atoms with E-state index in [0.29, 0.717) is 12.0 Å².